The number of benzene rings is 11. The molecule has 0 saturated heterocycles. The largest absolute Gasteiger partial charge is 0.315 e. The zero-order valence-corrected chi connectivity index (χ0v) is 48.0. The highest BCUT2D eigenvalue weighted by Crippen LogP contribution is 3.19. The summed E-state index contributed by atoms with van der Waals surface area (Å²) in [6.07, 6.45) is 0. The van der Waals surface area contributed by atoms with Crippen molar-refractivity contribution in [3.05, 3.63) is 334 Å². The van der Waals surface area contributed by atoms with E-state index in [0.29, 0.717) is 0 Å². The highest BCUT2D eigenvalue weighted by molar-refractivity contribution is 8.95. The fourth-order valence-electron chi connectivity index (χ4n) is 11.5. The Morgan fingerprint density at radius 1 is 0.250 bits per heavy atom. The lowest BCUT2D eigenvalue weighted by atomic mass is 10.4. The summed E-state index contributed by atoms with van der Waals surface area (Å²) >= 11 is 0. The van der Waals surface area contributed by atoms with E-state index < -0.39 is 49.2 Å². The quantitative estimate of drug-likeness (QED) is 0.115. The van der Waals surface area contributed by atoms with Gasteiger partial charge in [-0.3, -0.25) is 0 Å². The predicted octanol–water partition coefficient (Wildman–Crippen LogP) is 15.6. The molecule has 0 aliphatic carbocycles. The van der Waals surface area contributed by atoms with E-state index in [1.165, 1.54) is 58.3 Å². The number of rotatable bonds is 11. The molecule has 0 fully saturated rings. The summed E-state index contributed by atoms with van der Waals surface area (Å²) in [5, 5.41) is 14.7. The second-order valence-corrected chi connectivity index (χ2v) is 49.3. The van der Waals surface area contributed by atoms with Gasteiger partial charge in [-0.2, -0.15) is 0 Å². The molecule has 0 atom stereocenters. The van der Waals surface area contributed by atoms with Gasteiger partial charge in [-0.15, -0.1) is 9.03 Å². The standard InChI is InChI=1S/C67H55N2P7/c1-12-34-56(35-13-1)72(57-36-14-2-15-37-57,58-38-16-3-17-39-58)67-70-73(59-40-18-4-19-41-59,60-42-20-5-21-43-60)68-74(61-44-22-6-23-45-61,62-46-24-7-25-47-62)71(67)76(65-52-30-10-31-53-65,66-54-32-11-33-55-66)69-75(70,63-48-26-8-27-49-63)64-50-28-9-29-51-64/h1-55H/q+2. The third kappa shape index (κ3) is 7.76. The number of hydrogen-bond acceptors (Lipinski definition) is 2. The van der Waals surface area contributed by atoms with Crippen LogP contribution in [-0.4, -0.2) is 4.78 Å². The van der Waals surface area contributed by atoms with Gasteiger partial charge in [0.2, 0.25) is 0 Å². The van der Waals surface area contributed by atoms with Gasteiger partial charge < -0.3 is 0 Å². The molecule has 2 nitrogen and oxygen atoms in total. The van der Waals surface area contributed by atoms with E-state index in [4.69, 9.17) is 9.03 Å². The van der Waals surface area contributed by atoms with Crippen LogP contribution in [0.1, 0.15) is 0 Å². The smallest absolute Gasteiger partial charge is 0.119 e. The molecule has 11 aromatic carbocycles. The SMILES string of the molecule is c1ccc(P2(c3ccccc3)=N[P+](c3ccccc3)(c3ccccc3)P3C(=P(c4ccccc4)(c4ccccc4)c4ccccc4)P2P(c2ccccc2)(c2ccccc2)=N[P+]3(c2ccccc2)c2ccccc2)cc1. The van der Waals surface area contributed by atoms with E-state index in [2.05, 4.69) is 334 Å². The summed E-state index contributed by atoms with van der Waals surface area (Å²) in [5.41, 5.74) is 0. The minimum atomic E-state index is -3.13. The molecule has 0 aromatic heterocycles. The first-order chi connectivity index (χ1) is 37.7. The van der Waals surface area contributed by atoms with Gasteiger partial charge >= 0.3 is 7.30 Å². The van der Waals surface area contributed by atoms with Crippen LogP contribution in [0.3, 0.4) is 0 Å². The van der Waals surface area contributed by atoms with Crippen LogP contribution in [0.4, 0.5) is 0 Å². The van der Waals surface area contributed by atoms with Gasteiger partial charge in [-0.05, 0) is 71.3 Å². The molecule has 76 heavy (non-hydrogen) atoms. The molecule has 2 heterocycles. The van der Waals surface area contributed by atoms with Crippen LogP contribution in [0.2, 0.25) is 0 Å². The molecule has 0 amide bonds. The zero-order valence-electron chi connectivity index (χ0n) is 41.8. The first-order valence-electron chi connectivity index (χ1n) is 25.7. The highest BCUT2D eigenvalue weighted by Gasteiger charge is 2.82. The number of hydrogen-bond donors (Lipinski definition) is 0. The van der Waals surface area contributed by atoms with Crippen molar-refractivity contribution in [1.29, 1.82) is 0 Å². The van der Waals surface area contributed by atoms with Gasteiger partial charge in [0.05, 0.1) is 4.78 Å². The Balaban J connectivity index is 1.50. The molecular formula is C67H55N2P7+2. The Kier molecular flexibility index (Phi) is 13.7. The summed E-state index contributed by atoms with van der Waals surface area (Å²) in [4.78, 5) is 0. The second-order valence-electron chi connectivity index (χ2n) is 18.8. The van der Waals surface area contributed by atoms with Crippen molar-refractivity contribution in [2.45, 2.75) is 0 Å². The Labute approximate surface area is 452 Å². The molecule has 13 rings (SSSR count). The molecule has 0 unspecified atom stereocenters. The zero-order chi connectivity index (χ0) is 50.9. The molecule has 9 heteroatoms. The van der Waals surface area contributed by atoms with Crippen LogP contribution in [0.25, 0.3) is 0 Å². The van der Waals surface area contributed by atoms with E-state index in [1.54, 1.807) is 4.78 Å². The van der Waals surface area contributed by atoms with Gasteiger partial charge in [0.15, 0.2) is 0 Å². The number of nitrogens with zero attached hydrogens (tertiary/aromatic N) is 2. The van der Waals surface area contributed by atoms with Crippen molar-refractivity contribution >= 4 is 112 Å². The second kappa shape index (κ2) is 21.0. The summed E-state index contributed by atoms with van der Waals surface area (Å²) in [6.45, 7) is -9.28. The molecule has 0 saturated carbocycles. The average molecular weight is 1110 g/mol. The van der Waals surface area contributed by atoms with Crippen molar-refractivity contribution in [3.63, 3.8) is 0 Å². The van der Waals surface area contributed by atoms with Crippen molar-refractivity contribution in [3.8, 4) is 0 Å². The van der Waals surface area contributed by atoms with Gasteiger partial charge in [0, 0.05) is 28.5 Å². The predicted molar refractivity (Wildman–Crippen MR) is 345 cm³/mol. The molecule has 0 spiro atoms. The van der Waals surface area contributed by atoms with Gasteiger partial charge in [-0.25, -0.2) is 0 Å². The fraction of sp³-hybridized carbons (Fsp3) is 0. The van der Waals surface area contributed by atoms with E-state index in [1.807, 2.05) is 0 Å². The molecule has 366 valence electrons. The molecule has 2 aliphatic rings. The van der Waals surface area contributed by atoms with Crippen LogP contribution < -0.4 is 58.3 Å². The molecule has 0 radical (unpaired) electrons. The van der Waals surface area contributed by atoms with Gasteiger partial charge in [0.1, 0.15) is 34.7 Å². The van der Waals surface area contributed by atoms with Crippen molar-refractivity contribution in [2.75, 3.05) is 0 Å². The molecule has 0 N–H and O–H groups in total. The normalized spacial score (nSPS) is 17.8. The summed E-state index contributed by atoms with van der Waals surface area (Å²) < 4.78 is 16.8. The van der Waals surface area contributed by atoms with Crippen LogP contribution in [-0.2, 0) is 0 Å². The van der Waals surface area contributed by atoms with E-state index in [-0.39, 0.29) is 0 Å². The van der Waals surface area contributed by atoms with Crippen molar-refractivity contribution in [2.24, 2.45) is 9.03 Å². The summed E-state index contributed by atoms with van der Waals surface area (Å²) in [6, 6.07) is 129. The number of fused-ring (bicyclic) bond motifs is 2. The van der Waals surface area contributed by atoms with Crippen LogP contribution >= 0.6 is 49.2 Å². The highest BCUT2D eigenvalue weighted by atomic mass is 32.5. The lowest BCUT2D eigenvalue weighted by Gasteiger charge is -2.55. The Bertz CT molecular complexity index is 3480. The van der Waals surface area contributed by atoms with Crippen LogP contribution in [0.15, 0.2) is 343 Å². The molecule has 2 aliphatic heterocycles. The fourth-order valence-corrected chi connectivity index (χ4v) is 96.7. The Morgan fingerprint density at radius 3 is 0.671 bits per heavy atom. The third-order valence-electron chi connectivity index (χ3n) is 14.6. The average Bonchev–Trinajstić information content (AvgIpc) is 3.67. The van der Waals surface area contributed by atoms with Gasteiger partial charge in [0.25, 0.3) is 14.2 Å². The summed E-state index contributed by atoms with van der Waals surface area (Å²) in [5.74, 6) is 0. The maximum absolute atomic E-state index is 7.52. The van der Waals surface area contributed by atoms with E-state index in [9.17, 15) is 0 Å². The van der Waals surface area contributed by atoms with Crippen molar-refractivity contribution < 1.29 is 0 Å². The van der Waals surface area contributed by atoms with Crippen molar-refractivity contribution in [1.82, 2.24) is 0 Å². The first kappa shape index (κ1) is 49.5. The molecule has 11 aromatic rings. The topological polar surface area (TPSA) is 24.7 Å². The van der Waals surface area contributed by atoms with Crippen LogP contribution in [0.5, 0.6) is 0 Å². The minimum absolute atomic E-state index is 1.32. The monoisotopic (exact) mass is 1100 g/mol. The maximum atomic E-state index is 7.52. The maximum Gasteiger partial charge on any atom is 0.315 e. The summed E-state index contributed by atoms with van der Waals surface area (Å²) in [7, 11) is -9.23. The third-order valence-corrected chi connectivity index (χ3v) is 68.4. The molecule has 2 bridgehead atoms. The Morgan fingerprint density at radius 2 is 0.447 bits per heavy atom. The van der Waals surface area contributed by atoms with E-state index in [0.717, 1.165) is 0 Å². The Hall–Kier alpha value is -6.10. The minimum Gasteiger partial charge on any atom is -0.119 e. The lowest BCUT2D eigenvalue weighted by Crippen LogP contribution is -2.38. The van der Waals surface area contributed by atoms with Gasteiger partial charge in [-0.1, -0.05) is 285 Å². The lowest BCUT2D eigenvalue weighted by molar-refractivity contribution is 1.71. The van der Waals surface area contributed by atoms with E-state index >= 15 is 0 Å². The first-order valence-corrected chi connectivity index (χ1v) is 40.0. The molecular weight excluding hydrogens is 1050 g/mol. The van der Waals surface area contributed by atoms with Crippen LogP contribution in [0, 0.1) is 0 Å².